The van der Waals surface area contributed by atoms with Gasteiger partial charge in [0.15, 0.2) is 0 Å². The minimum Gasteiger partial charge on any atom is -0.366 e. The third kappa shape index (κ3) is 6.82. The fourth-order valence-corrected chi connectivity index (χ4v) is 4.27. The van der Waals surface area contributed by atoms with E-state index in [4.69, 9.17) is 16.6 Å². The molecule has 0 spiro atoms. The summed E-state index contributed by atoms with van der Waals surface area (Å²) in [5, 5.41) is 7.30. The van der Waals surface area contributed by atoms with Crippen LogP contribution in [-0.2, 0) is 4.79 Å². The normalized spacial score (nSPS) is 15.9. The fraction of sp³-hybridized carbons (Fsp3) is 0.320. The molecule has 1 unspecified atom stereocenters. The van der Waals surface area contributed by atoms with Crippen molar-refractivity contribution in [2.24, 2.45) is 0 Å². The molecule has 0 amide bonds. The number of anilines is 3. The van der Waals surface area contributed by atoms with E-state index in [0.717, 1.165) is 49.3 Å². The van der Waals surface area contributed by atoms with Crippen molar-refractivity contribution in [3.63, 3.8) is 0 Å². The second-order valence-electron chi connectivity index (χ2n) is 8.57. The number of carbonyl (C=O) groups excluding carboxylic acids is 1. The lowest BCUT2D eigenvalue weighted by molar-refractivity contribution is -0.104. The zero-order chi connectivity index (χ0) is 24.6. The number of piperidine rings is 1. The summed E-state index contributed by atoms with van der Waals surface area (Å²) < 4.78 is 0. The molecule has 1 aromatic carbocycles. The Balaban J connectivity index is 1.35. The van der Waals surface area contributed by atoms with Gasteiger partial charge in [-0.25, -0.2) is 15.0 Å². The molecule has 35 heavy (non-hydrogen) atoms. The molecule has 0 bridgehead atoms. The zero-order valence-electron chi connectivity index (χ0n) is 19.8. The van der Waals surface area contributed by atoms with Gasteiger partial charge in [0, 0.05) is 47.8 Å². The number of nitrogens with zero attached hydrogens (tertiary/aromatic N) is 6. The molecule has 4 rings (SSSR count). The first-order valence-corrected chi connectivity index (χ1v) is 11.9. The lowest BCUT2D eigenvalue weighted by atomic mass is 10.0. The molecule has 1 fully saturated rings. The molecule has 0 saturated carbocycles. The fourth-order valence-electron chi connectivity index (χ4n) is 4.08. The van der Waals surface area contributed by atoms with Gasteiger partial charge in [-0.05, 0) is 57.3 Å². The van der Waals surface area contributed by atoms with Crippen molar-refractivity contribution < 1.29 is 4.79 Å². The maximum atomic E-state index is 10.7. The Labute approximate surface area is 210 Å². The topological polar surface area (TPSA) is 99.2 Å². The van der Waals surface area contributed by atoms with Gasteiger partial charge in [0.1, 0.15) is 12.1 Å². The van der Waals surface area contributed by atoms with Crippen molar-refractivity contribution in [2.45, 2.75) is 25.0 Å². The molecule has 3 heterocycles. The number of aldehydes is 1. The highest BCUT2D eigenvalue weighted by molar-refractivity contribution is 6.30. The molecular formula is C25H29ClN8O. The smallest absolute Gasteiger partial charge is 0.227 e. The molecule has 3 aromatic rings. The van der Waals surface area contributed by atoms with Crippen molar-refractivity contribution in [2.75, 3.05) is 37.8 Å². The first-order valence-electron chi connectivity index (χ1n) is 11.5. The molecule has 182 valence electrons. The van der Waals surface area contributed by atoms with Crippen LogP contribution in [0.25, 0.3) is 11.3 Å². The highest BCUT2D eigenvalue weighted by Gasteiger charge is 2.25. The quantitative estimate of drug-likeness (QED) is 0.341. The third-order valence-electron chi connectivity index (χ3n) is 5.81. The number of hydrogen-bond acceptors (Lipinski definition) is 9. The number of aromatic nitrogens is 4. The number of likely N-dealkylation sites (tertiary alicyclic amines) is 1. The molecule has 1 atom stereocenters. The average Bonchev–Trinajstić information content (AvgIpc) is 2.86. The second-order valence-corrected chi connectivity index (χ2v) is 9.01. The summed E-state index contributed by atoms with van der Waals surface area (Å²) in [6, 6.07) is 7.69. The van der Waals surface area contributed by atoms with Crippen LogP contribution < -0.4 is 10.6 Å². The number of hydrogen-bond donors (Lipinski definition) is 2. The summed E-state index contributed by atoms with van der Waals surface area (Å²) in [5.41, 5.74) is 2.30. The van der Waals surface area contributed by atoms with Crippen molar-refractivity contribution >= 4 is 35.3 Å². The zero-order valence-corrected chi connectivity index (χ0v) is 20.6. The highest BCUT2D eigenvalue weighted by atomic mass is 35.5. The van der Waals surface area contributed by atoms with Crippen LogP contribution in [0.15, 0.2) is 61.2 Å². The van der Waals surface area contributed by atoms with Crippen LogP contribution in [-0.4, -0.2) is 75.4 Å². The number of nitrogens with one attached hydrogen (secondary N) is 2. The molecule has 2 aromatic heterocycles. The van der Waals surface area contributed by atoms with Gasteiger partial charge in [-0.3, -0.25) is 19.6 Å². The lowest BCUT2D eigenvalue weighted by Crippen LogP contribution is -2.49. The summed E-state index contributed by atoms with van der Waals surface area (Å²) in [6.45, 7) is 1.84. The Hall–Kier alpha value is -3.40. The summed E-state index contributed by atoms with van der Waals surface area (Å²) in [7, 11) is 4.05. The van der Waals surface area contributed by atoms with E-state index < -0.39 is 0 Å². The molecule has 10 heteroatoms. The molecule has 2 N–H and O–H groups in total. The van der Waals surface area contributed by atoms with Crippen LogP contribution in [0.2, 0.25) is 5.02 Å². The Morgan fingerprint density at radius 3 is 2.60 bits per heavy atom. The number of halogens is 1. The van der Waals surface area contributed by atoms with Gasteiger partial charge in [0.05, 0.1) is 24.3 Å². The molecule has 1 aliphatic rings. The number of allylic oxidation sites excluding steroid dienone is 1. The Kier molecular flexibility index (Phi) is 8.36. The largest absolute Gasteiger partial charge is 0.366 e. The summed E-state index contributed by atoms with van der Waals surface area (Å²) in [4.78, 5) is 33.1. The summed E-state index contributed by atoms with van der Waals surface area (Å²) in [6.07, 6.45) is 13.3. The van der Waals surface area contributed by atoms with E-state index in [0.29, 0.717) is 22.7 Å². The van der Waals surface area contributed by atoms with Crippen LogP contribution in [0.3, 0.4) is 0 Å². The van der Waals surface area contributed by atoms with Crippen LogP contribution in [0.5, 0.6) is 0 Å². The van der Waals surface area contributed by atoms with Crippen molar-refractivity contribution in [3.8, 4) is 11.3 Å². The van der Waals surface area contributed by atoms with Gasteiger partial charge in [0.25, 0.3) is 0 Å². The van der Waals surface area contributed by atoms with Crippen LogP contribution in [0.4, 0.5) is 17.5 Å². The Morgan fingerprint density at radius 1 is 1.14 bits per heavy atom. The molecule has 0 radical (unpaired) electrons. The summed E-state index contributed by atoms with van der Waals surface area (Å²) >= 11 is 6.03. The monoisotopic (exact) mass is 492 g/mol. The standard InChI is InChI=1S/C25H29ClN8O/c1-33(2)24(7-4-12-35)34-10-8-20(9-11-34)30-23-17-27-16-22(32-23)18-14-28-25(29-15-18)31-21-6-3-5-19(26)13-21/h3-7,12-17,20,24H,8-11H2,1-2H3,(H,30,32)(H,28,29,31)/b7-4+. The Morgan fingerprint density at radius 2 is 1.91 bits per heavy atom. The van der Waals surface area contributed by atoms with E-state index in [1.165, 1.54) is 0 Å². The van der Waals surface area contributed by atoms with E-state index >= 15 is 0 Å². The predicted octanol–water partition coefficient (Wildman–Crippen LogP) is 3.85. The van der Waals surface area contributed by atoms with Gasteiger partial charge < -0.3 is 10.6 Å². The van der Waals surface area contributed by atoms with E-state index in [1.807, 2.05) is 44.4 Å². The number of benzene rings is 1. The van der Waals surface area contributed by atoms with Crippen LogP contribution >= 0.6 is 11.6 Å². The maximum absolute atomic E-state index is 10.7. The van der Waals surface area contributed by atoms with Gasteiger partial charge in [0.2, 0.25) is 5.95 Å². The average molecular weight is 493 g/mol. The molecule has 9 nitrogen and oxygen atoms in total. The molecule has 1 saturated heterocycles. The van der Waals surface area contributed by atoms with E-state index in [1.54, 1.807) is 30.9 Å². The third-order valence-corrected chi connectivity index (χ3v) is 6.04. The number of likely N-dealkylation sites (N-methyl/N-ethyl adjacent to an activating group) is 1. The molecule has 1 aliphatic heterocycles. The SMILES string of the molecule is CN(C)C(/C=C/C=O)N1CCC(Nc2cncc(-c3cnc(Nc4cccc(Cl)c4)nc3)n2)CC1. The van der Waals surface area contributed by atoms with Gasteiger partial charge >= 0.3 is 0 Å². The van der Waals surface area contributed by atoms with Crippen LogP contribution in [0.1, 0.15) is 12.8 Å². The maximum Gasteiger partial charge on any atom is 0.227 e. The van der Waals surface area contributed by atoms with Crippen molar-refractivity contribution in [1.29, 1.82) is 0 Å². The van der Waals surface area contributed by atoms with Gasteiger partial charge in [-0.1, -0.05) is 17.7 Å². The van der Waals surface area contributed by atoms with E-state index in [-0.39, 0.29) is 6.17 Å². The minimum absolute atomic E-state index is 0.112. The van der Waals surface area contributed by atoms with Crippen molar-refractivity contribution in [1.82, 2.24) is 29.7 Å². The highest BCUT2D eigenvalue weighted by Crippen LogP contribution is 2.22. The Bertz CT molecular complexity index is 1150. The summed E-state index contributed by atoms with van der Waals surface area (Å²) in [5.74, 6) is 1.20. The van der Waals surface area contributed by atoms with Gasteiger partial charge in [-0.2, -0.15) is 0 Å². The molecule has 0 aliphatic carbocycles. The molecular weight excluding hydrogens is 464 g/mol. The van der Waals surface area contributed by atoms with Gasteiger partial charge in [-0.15, -0.1) is 0 Å². The van der Waals surface area contributed by atoms with Crippen molar-refractivity contribution in [3.05, 3.63) is 66.2 Å². The van der Waals surface area contributed by atoms with E-state index in [9.17, 15) is 4.79 Å². The first-order chi connectivity index (χ1) is 17.0. The number of rotatable bonds is 9. The first kappa shape index (κ1) is 24.7. The minimum atomic E-state index is 0.112. The lowest BCUT2D eigenvalue weighted by Gasteiger charge is -2.39. The number of carbonyl (C=O) groups is 1. The second kappa shape index (κ2) is 11.8. The van der Waals surface area contributed by atoms with Crippen LogP contribution in [0, 0.1) is 0 Å². The van der Waals surface area contributed by atoms with E-state index in [2.05, 4.69) is 35.4 Å². The predicted molar refractivity (Wildman–Crippen MR) is 139 cm³/mol.